The quantitative estimate of drug-likeness (QED) is 0.611. The van der Waals surface area contributed by atoms with Gasteiger partial charge in [-0.3, -0.25) is 0 Å². The maximum absolute atomic E-state index is 12.1. The Morgan fingerprint density at radius 3 is 2.43 bits per heavy atom. The second-order valence-corrected chi connectivity index (χ2v) is 7.60. The van der Waals surface area contributed by atoms with Crippen LogP contribution in [0.25, 0.3) is 0 Å². The zero-order chi connectivity index (χ0) is 15.6. The maximum atomic E-state index is 12.1. The summed E-state index contributed by atoms with van der Waals surface area (Å²) in [7, 11) is -3.36. The van der Waals surface area contributed by atoms with Gasteiger partial charge in [0, 0.05) is 6.54 Å². The molecule has 6 heteroatoms. The highest BCUT2D eigenvalue weighted by Gasteiger charge is 2.12. The van der Waals surface area contributed by atoms with Crippen LogP contribution < -0.4 is 10.0 Å². The van der Waals surface area contributed by atoms with Crippen LogP contribution in [0.15, 0.2) is 29.2 Å². The minimum Gasteiger partial charge on any atom is -0.317 e. The van der Waals surface area contributed by atoms with Crippen molar-refractivity contribution in [2.45, 2.75) is 31.1 Å². The Kier molecular flexibility index (Phi) is 8.99. The third kappa shape index (κ3) is 7.31. The zero-order valence-corrected chi connectivity index (χ0v) is 14.5. The number of nitrogens with one attached hydrogen (secondary N) is 2. The average Bonchev–Trinajstić information content (AvgIpc) is 2.48. The molecule has 0 aliphatic heterocycles. The molecule has 21 heavy (non-hydrogen) atoms. The number of hydrogen-bond donors (Lipinski definition) is 2. The Bertz CT molecular complexity index is 487. The van der Waals surface area contributed by atoms with Crippen LogP contribution in [0.3, 0.4) is 0 Å². The fourth-order valence-electron chi connectivity index (χ4n) is 1.91. The lowest BCUT2D eigenvalue weighted by atomic mass is 10.1. The van der Waals surface area contributed by atoms with E-state index in [1.807, 2.05) is 12.1 Å². The molecule has 0 aromatic heterocycles. The molecule has 0 heterocycles. The van der Waals surface area contributed by atoms with Gasteiger partial charge in [0.1, 0.15) is 0 Å². The van der Waals surface area contributed by atoms with E-state index in [4.69, 9.17) is 0 Å². The number of likely N-dealkylation sites (N-methyl/N-ethyl adjacent to an activating group) is 1. The predicted molar refractivity (Wildman–Crippen MR) is 91.5 cm³/mol. The van der Waals surface area contributed by atoms with Crippen molar-refractivity contribution < 1.29 is 8.42 Å². The van der Waals surface area contributed by atoms with E-state index < -0.39 is 10.0 Å². The molecule has 0 fully saturated rings. The smallest absolute Gasteiger partial charge is 0.240 e. The van der Waals surface area contributed by atoms with Crippen LogP contribution in [0.5, 0.6) is 0 Å². The van der Waals surface area contributed by atoms with E-state index in [0.717, 1.165) is 43.7 Å². The Morgan fingerprint density at radius 1 is 1.10 bits per heavy atom. The van der Waals surface area contributed by atoms with Gasteiger partial charge in [-0.05, 0) is 62.1 Å². The molecule has 120 valence electrons. The third-order valence-electron chi connectivity index (χ3n) is 3.14. The Morgan fingerprint density at radius 2 is 1.81 bits per heavy atom. The predicted octanol–water partition coefficient (Wildman–Crippen LogP) is 2.26. The van der Waals surface area contributed by atoms with Crippen LogP contribution in [0.4, 0.5) is 0 Å². The first-order chi connectivity index (χ1) is 10.1. The molecule has 1 rings (SSSR count). The molecule has 1 aromatic carbocycles. The van der Waals surface area contributed by atoms with Gasteiger partial charge in [0.15, 0.2) is 0 Å². The monoisotopic (exact) mass is 330 g/mol. The van der Waals surface area contributed by atoms with Crippen molar-refractivity contribution in [3.05, 3.63) is 29.8 Å². The van der Waals surface area contributed by atoms with Gasteiger partial charge in [-0.25, -0.2) is 13.1 Å². The average molecular weight is 331 g/mol. The molecule has 0 amide bonds. The van der Waals surface area contributed by atoms with E-state index in [1.54, 1.807) is 23.9 Å². The van der Waals surface area contributed by atoms with Gasteiger partial charge in [0.05, 0.1) is 4.90 Å². The van der Waals surface area contributed by atoms with Crippen LogP contribution in [0.1, 0.15) is 25.3 Å². The highest BCUT2D eigenvalue weighted by Crippen LogP contribution is 2.11. The summed E-state index contributed by atoms with van der Waals surface area (Å²) >= 11 is 1.78. The summed E-state index contributed by atoms with van der Waals surface area (Å²) in [6, 6.07) is 7.15. The maximum Gasteiger partial charge on any atom is 0.240 e. The summed E-state index contributed by atoms with van der Waals surface area (Å²) in [5.41, 5.74) is 1.15. The SMILES string of the molecule is CCNCCc1ccc(S(=O)(=O)NCCCCSC)cc1. The van der Waals surface area contributed by atoms with Crippen molar-refractivity contribution >= 4 is 21.8 Å². The van der Waals surface area contributed by atoms with Gasteiger partial charge in [-0.1, -0.05) is 19.1 Å². The lowest BCUT2D eigenvalue weighted by Gasteiger charge is -2.08. The van der Waals surface area contributed by atoms with Gasteiger partial charge in [-0.15, -0.1) is 0 Å². The molecular weight excluding hydrogens is 304 g/mol. The zero-order valence-electron chi connectivity index (χ0n) is 12.9. The van der Waals surface area contributed by atoms with E-state index in [2.05, 4.69) is 23.2 Å². The molecule has 0 unspecified atom stereocenters. The van der Waals surface area contributed by atoms with Crippen molar-refractivity contribution in [3.63, 3.8) is 0 Å². The molecule has 0 aliphatic rings. The van der Waals surface area contributed by atoms with Crippen molar-refractivity contribution in [3.8, 4) is 0 Å². The molecular formula is C15H26N2O2S2. The highest BCUT2D eigenvalue weighted by atomic mass is 32.2. The first kappa shape index (κ1) is 18.5. The number of thioether (sulfide) groups is 1. The van der Waals surface area contributed by atoms with E-state index in [1.165, 1.54) is 0 Å². The van der Waals surface area contributed by atoms with E-state index in [0.29, 0.717) is 11.4 Å². The topological polar surface area (TPSA) is 58.2 Å². The Labute approximate surface area is 133 Å². The molecule has 0 saturated carbocycles. The molecule has 1 aromatic rings. The van der Waals surface area contributed by atoms with Crippen molar-refractivity contribution in [2.75, 3.05) is 31.6 Å². The minimum atomic E-state index is -3.36. The molecule has 0 bridgehead atoms. The summed E-state index contributed by atoms with van der Waals surface area (Å²) in [6.07, 6.45) is 4.88. The number of unbranched alkanes of at least 4 members (excludes halogenated alkanes) is 1. The largest absolute Gasteiger partial charge is 0.317 e. The summed E-state index contributed by atoms with van der Waals surface area (Å²) in [5, 5.41) is 3.25. The Balaban J connectivity index is 2.47. The first-order valence-electron chi connectivity index (χ1n) is 7.38. The van der Waals surface area contributed by atoms with Gasteiger partial charge >= 0.3 is 0 Å². The highest BCUT2D eigenvalue weighted by molar-refractivity contribution is 7.98. The second-order valence-electron chi connectivity index (χ2n) is 4.85. The molecule has 0 aliphatic carbocycles. The number of benzene rings is 1. The van der Waals surface area contributed by atoms with Gasteiger partial charge in [0.25, 0.3) is 0 Å². The lowest BCUT2D eigenvalue weighted by Crippen LogP contribution is -2.25. The minimum absolute atomic E-state index is 0.347. The normalized spacial score (nSPS) is 11.7. The fourth-order valence-corrected chi connectivity index (χ4v) is 3.47. The Hall–Kier alpha value is -0.560. The molecule has 0 radical (unpaired) electrons. The van der Waals surface area contributed by atoms with Crippen LogP contribution in [-0.2, 0) is 16.4 Å². The molecule has 2 N–H and O–H groups in total. The molecule has 0 spiro atoms. The van der Waals surface area contributed by atoms with Gasteiger partial charge < -0.3 is 5.32 Å². The van der Waals surface area contributed by atoms with Crippen molar-refractivity contribution in [1.29, 1.82) is 0 Å². The number of rotatable bonds is 11. The van der Waals surface area contributed by atoms with Gasteiger partial charge in [0.2, 0.25) is 10.0 Å². The van der Waals surface area contributed by atoms with Gasteiger partial charge in [-0.2, -0.15) is 11.8 Å². The van der Waals surface area contributed by atoms with Crippen LogP contribution in [0.2, 0.25) is 0 Å². The van der Waals surface area contributed by atoms with E-state index in [-0.39, 0.29) is 0 Å². The van der Waals surface area contributed by atoms with Crippen molar-refractivity contribution in [1.82, 2.24) is 10.0 Å². The molecule has 0 atom stereocenters. The summed E-state index contributed by atoms with van der Waals surface area (Å²) in [6.45, 7) is 4.44. The molecule has 0 saturated heterocycles. The van der Waals surface area contributed by atoms with E-state index >= 15 is 0 Å². The van der Waals surface area contributed by atoms with Crippen LogP contribution in [-0.4, -0.2) is 40.1 Å². The summed E-state index contributed by atoms with van der Waals surface area (Å²) in [4.78, 5) is 0.347. The third-order valence-corrected chi connectivity index (χ3v) is 5.32. The number of sulfonamides is 1. The number of hydrogen-bond acceptors (Lipinski definition) is 4. The second kappa shape index (κ2) is 10.2. The summed E-state index contributed by atoms with van der Waals surface area (Å²) < 4.78 is 26.9. The van der Waals surface area contributed by atoms with E-state index in [9.17, 15) is 8.42 Å². The fraction of sp³-hybridized carbons (Fsp3) is 0.600. The lowest BCUT2D eigenvalue weighted by molar-refractivity contribution is 0.578. The van der Waals surface area contributed by atoms with Crippen LogP contribution >= 0.6 is 11.8 Å². The summed E-state index contributed by atoms with van der Waals surface area (Å²) in [5.74, 6) is 1.07. The van der Waals surface area contributed by atoms with Crippen LogP contribution in [0, 0.1) is 0 Å². The standard InChI is InChI=1S/C15H26N2O2S2/c1-3-16-12-10-14-6-8-15(9-7-14)21(18,19)17-11-4-5-13-20-2/h6-9,16-17H,3-5,10-13H2,1-2H3. The molecule has 4 nitrogen and oxygen atoms in total. The van der Waals surface area contributed by atoms with Crippen molar-refractivity contribution in [2.24, 2.45) is 0 Å². The first-order valence-corrected chi connectivity index (χ1v) is 10.3.